The van der Waals surface area contributed by atoms with Gasteiger partial charge < -0.3 is 4.98 Å². The molecular weight excluding hydrogens is 160 g/mol. The van der Waals surface area contributed by atoms with Gasteiger partial charge in [-0.1, -0.05) is 13.8 Å². The van der Waals surface area contributed by atoms with Crippen LogP contribution in [0.15, 0.2) is 18.3 Å². The molecule has 0 aliphatic rings. The van der Waals surface area contributed by atoms with E-state index in [0.717, 1.165) is 11.3 Å². The molecule has 70 valence electrons. The van der Waals surface area contributed by atoms with Crippen molar-refractivity contribution in [3.05, 3.63) is 29.6 Å². The van der Waals surface area contributed by atoms with Crippen LogP contribution in [0.4, 0.5) is 0 Å². The van der Waals surface area contributed by atoms with Crippen LogP contribution in [0.25, 0.3) is 11.0 Å². The number of pyridine rings is 1. The molecule has 0 spiro atoms. The molecular formula is C11H16N2. The number of H-pyrrole nitrogens is 1. The van der Waals surface area contributed by atoms with E-state index in [1.807, 2.05) is 27.0 Å². The monoisotopic (exact) mass is 176 g/mol. The second kappa shape index (κ2) is 4.08. The molecule has 0 aliphatic carbocycles. The van der Waals surface area contributed by atoms with Gasteiger partial charge in [-0.15, -0.1) is 0 Å². The predicted molar refractivity (Wildman–Crippen MR) is 56.9 cm³/mol. The molecule has 0 aromatic carbocycles. The van der Waals surface area contributed by atoms with E-state index in [1.54, 1.807) is 0 Å². The van der Waals surface area contributed by atoms with Crippen molar-refractivity contribution in [2.24, 2.45) is 0 Å². The zero-order valence-electron chi connectivity index (χ0n) is 8.68. The van der Waals surface area contributed by atoms with Gasteiger partial charge >= 0.3 is 0 Å². The first-order valence-corrected chi connectivity index (χ1v) is 4.69. The van der Waals surface area contributed by atoms with Crippen molar-refractivity contribution in [2.75, 3.05) is 0 Å². The second-order valence-corrected chi connectivity index (χ2v) is 2.82. The van der Waals surface area contributed by atoms with Crippen LogP contribution in [-0.2, 0) is 0 Å². The van der Waals surface area contributed by atoms with Crippen LogP contribution in [0.1, 0.15) is 25.1 Å². The molecule has 13 heavy (non-hydrogen) atoms. The van der Waals surface area contributed by atoms with Gasteiger partial charge in [0.1, 0.15) is 5.65 Å². The largest absolute Gasteiger partial charge is 0.346 e. The SMILES string of the molecule is CC.Cc1cc(C)c2cc[nH]c2n1. The third-order valence-electron chi connectivity index (χ3n) is 1.86. The zero-order chi connectivity index (χ0) is 9.84. The lowest BCUT2D eigenvalue weighted by Gasteiger charge is -1.96. The van der Waals surface area contributed by atoms with Gasteiger partial charge in [0, 0.05) is 17.3 Å². The van der Waals surface area contributed by atoms with Gasteiger partial charge in [-0.3, -0.25) is 0 Å². The molecule has 0 saturated carbocycles. The van der Waals surface area contributed by atoms with Crippen LogP contribution in [0.5, 0.6) is 0 Å². The summed E-state index contributed by atoms with van der Waals surface area (Å²) in [6.07, 6.45) is 1.92. The summed E-state index contributed by atoms with van der Waals surface area (Å²) in [5.41, 5.74) is 3.34. The predicted octanol–water partition coefficient (Wildman–Crippen LogP) is 3.21. The summed E-state index contributed by atoms with van der Waals surface area (Å²) in [6.45, 7) is 8.11. The summed E-state index contributed by atoms with van der Waals surface area (Å²) in [7, 11) is 0. The van der Waals surface area contributed by atoms with Crippen molar-refractivity contribution in [3.63, 3.8) is 0 Å². The Hall–Kier alpha value is -1.31. The Labute approximate surface area is 79.0 Å². The number of rotatable bonds is 0. The summed E-state index contributed by atoms with van der Waals surface area (Å²) in [4.78, 5) is 7.43. The summed E-state index contributed by atoms with van der Waals surface area (Å²) in [5.74, 6) is 0. The smallest absolute Gasteiger partial charge is 0.137 e. The van der Waals surface area contributed by atoms with Crippen molar-refractivity contribution >= 4 is 11.0 Å². The average molecular weight is 176 g/mol. The molecule has 0 bridgehead atoms. The molecule has 1 N–H and O–H groups in total. The van der Waals surface area contributed by atoms with E-state index >= 15 is 0 Å². The van der Waals surface area contributed by atoms with Gasteiger partial charge in [0.15, 0.2) is 0 Å². The summed E-state index contributed by atoms with van der Waals surface area (Å²) in [6, 6.07) is 4.15. The molecule has 0 aliphatic heterocycles. The lowest BCUT2D eigenvalue weighted by atomic mass is 10.2. The minimum absolute atomic E-state index is 0.988. The van der Waals surface area contributed by atoms with Gasteiger partial charge in [-0.25, -0.2) is 4.98 Å². The molecule has 0 unspecified atom stereocenters. The highest BCUT2D eigenvalue weighted by Crippen LogP contribution is 2.15. The van der Waals surface area contributed by atoms with Gasteiger partial charge in [0.2, 0.25) is 0 Å². The van der Waals surface area contributed by atoms with E-state index in [1.165, 1.54) is 10.9 Å². The van der Waals surface area contributed by atoms with Crippen molar-refractivity contribution in [3.8, 4) is 0 Å². The molecule has 2 aromatic heterocycles. The molecule has 2 nitrogen and oxygen atoms in total. The normalized spacial score (nSPS) is 9.54. The molecule has 2 aromatic rings. The van der Waals surface area contributed by atoms with Gasteiger partial charge in [-0.2, -0.15) is 0 Å². The van der Waals surface area contributed by atoms with Crippen LogP contribution < -0.4 is 0 Å². The van der Waals surface area contributed by atoms with E-state index in [0.29, 0.717) is 0 Å². The number of nitrogens with zero attached hydrogens (tertiary/aromatic N) is 1. The molecule has 0 amide bonds. The maximum absolute atomic E-state index is 4.34. The maximum atomic E-state index is 4.34. The first-order valence-electron chi connectivity index (χ1n) is 4.69. The van der Waals surface area contributed by atoms with Gasteiger partial charge in [0.25, 0.3) is 0 Å². The molecule has 2 rings (SSSR count). The Morgan fingerprint density at radius 3 is 2.62 bits per heavy atom. The first kappa shape index (κ1) is 9.78. The third-order valence-corrected chi connectivity index (χ3v) is 1.86. The Balaban J connectivity index is 0.000000396. The molecule has 2 heterocycles. The standard InChI is InChI=1S/C9H10N2.C2H6/c1-6-5-7(2)11-9-8(6)3-4-10-9;1-2/h3-5H,1-2H3,(H,10,11);1-2H3. The fraction of sp³-hybridized carbons (Fsp3) is 0.364. The lowest BCUT2D eigenvalue weighted by molar-refractivity contribution is 1.21. The number of hydrogen-bond acceptors (Lipinski definition) is 1. The van der Waals surface area contributed by atoms with Crippen LogP contribution in [0.2, 0.25) is 0 Å². The Morgan fingerprint density at radius 1 is 1.23 bits per heavy atom. The number of aromatic amines is 1. The third kappa shape index (κ3) is 1.89. The highest BCUT2D eigenvalue weighted by Gasteiger charge is 1.98. The molecule has 2 heteroatoms. The van der Waals surface area contributed by atoms with Crippen LogP contribution in [-0.4, -0.2) is 9.97 Å². The van der Waals surface area contributed by atoms with Crippen LogP contribution in [0, 0.1) is 13.8 Å². The summed E-state index contributed by atoms with van der Waals surface area (Å²) < 4.78 is 0. The topological polar surface area (TPSA) is 28.7 Å². The van der Waals surface area contributed by atoms with Crippen molar-refractivity contribution in [1.29, 1.82) is 0 Å². The number of fused-ring (bicyclic) bond motifs is 1. The zero-order valence-corrected chi connectivity index (χ0v) is 8.68. The molecule has 0 atom stereocenters. The number of aryl methyl sites for hydroxylation is 2. The average Bonchev–Trinajstić information content (AvgIpc) is 2.55. The fourth-order valence-electron chi connectivity index (χ4n) is 1.37. The van der Waals surface area contributed by atoms with Crippen molar-refractivity contribution < 1.29 is 0 Å². The number of hydrogen-bond donors (Lipinski definition) is 1. The summed E-state index contributed by atoms with van der Waals surface area (Å²) >= 11 is 0. The van der Waals surface area contributed by atoms with E-state index in [9.17, 15) is 0 Å². The quantitative estimate of drug-likeness (QED) is 0.656. The molecule has 0 saturated heterocycles. The number of nitrogens with one attached hydrogen (secondary N) is 1. The van der Waals surface area contributed by atoms with Crippen LogP contribution >= 0.6 is 0 Å². The highest BCUT2D eigenvalue weighted by atomic mass is 14.8. The minimum atomic E-state index is 0.988. The van der Waals surface area contributed by atoms with E-state index in [-0.39, 0.29) is 0 Å². The van der Waals surface area contributed by atoms with E-state index < -0.39 is 0 Å². The molecule has 0 radical (unpaired) electrons. The highest BCUT2D eigenvalue weighted by molar-refractivity contribution is 5.79. The Bertz CT molecular complexity index is 388. The maximum Gasteiger partial charge on any atom is 0.137 e. The van der Waals surface area contributed by atoms with Crippen molar-refractivity contribution in [1.82, 2.24) is 9.97 Å². The van der Waals surface area contributed by atoms with Crippen molar-refractivity contribution in [2.45, 2.75) is 27.7 Å². The van der Waals surface area contributed by atoms with Gasteiger partial charge in [0.05, 0.1) is 0 Å². The first-order chi connectivity index (χ1) is 6.27. The van der Waals surface area contributed by atoms with E-state index in [2.05, 4.69) is 29.0 Å². The summed E-state index contributed by atoms with van der Waals surface area (Å²) in [5, 5.41) is 1.22. The Kier molecular flexibility index (Phi) is 3.07. The second-order valence-electron chi connectivity index (χ2n) is 2.82. The van der Waals surface area contributed by atoms with E-state index in [4.69, 9.17) is 0 Å². The lowest BCUT2D eigenvalue weighted by Crippen LogP contribution is -1.84. The van der Waals surface area contributed by atoms with Gasteiger partial charge in [-0.05, 0) is 31.5 Å². The Morgan fingerprint density at radius 2 is 1.92 bits per heavy atom. The van der Waals surface area contributed by atoms with Crippen LogP contribution in [0.3, 0.4) is 0 Å². The minimum Gasteiger partial charge on any atom is -0.346 e. The fourth-order valence-corrected chi connectivity index (χ4v) is 1.37. The molecule has 0 fully saturated rings. The number of aromatic nitrogens is 2.